The Kier molecular flexibility index (Phi) is 11.7. The Morgan fingerprint density at radius 1 is 1.24 bits per heavy atom. The van der Waals surface area contributed by atoms with Gasteiger partial charge in [0.15, 0.2) is 5.96 Å². The lowest BCUT2D eigenvalue weighted by molar-refractivity contribution is 0.0529. The van der Waals surface area contributed by atoms with Crippen LogP contribution in [0.5, 0.6) is 5.75 Å². The van der Waals surface area contributed by atoms with Crippen molar-refractivity contribution in [2.45, 2.75) is 45.8 Å². The highest BCUT2D eigenvalue weighted by Crippen LogP contribution is 2.21. The summed E-state index contributed by atoms with van der Waals surface area (Å²) in [5, 5.41) is 6.78. The van der Waals surface area contributed by atoms with Crippen molar-refractivity contribution in [2.75, 3.05) is 44.8 Å². The average Bonchev–Trinajstić information content (AvgIpc) is 2.83. The smallest absolute Gasteiger partial charge is 0.191 e. The van der Waals surface area contributed by atoms with Crippen LogP contribution in [0.1, 0.15) is 44.2 Å². The second-order valence-electron chi connectivity index (χ2n) is 8.24. The molecule has 2 heterocycles. The Morgan fingerprint density at radius 2 is 2.03 bits per heavy atom. The summed E-state index contributed by atoms with van der Waals surface area (Å²) in [6, 6.07) is 12.5. The van der Waals surface area contributed by atoms with Crippen molar-refractivity contribution in [3.63, 3.8) is 0 Å². The van der Waals surface area contributed by atoms with E-state index in [2.05, 4.69) is 65.6 Å². The summed E-state index contributed by atoms with van der Waals surface area (Å²) >= 11 is 0. The van der Waals surface area contributed by atoms with Crippen LogP contribution in [0.25, 0.3) is 0 Å². The third-order valence-corrected chi connectivity index (χ3v) is 5.69. The van der Waals surface area contributed by atoms with E-state index in [9.17, 15) is 0 Å². The summed E-state index contributed by atoms with van der Waals surface area (Å²) in [7, 11) is 1.69. The van der Waals surface area contributed by atoms with Crippen molar-refractivity contribution >= 4 is 35.8 Å². The van der Waals surface area contributed by atoms with Gasteiger partial charge in [-0.05, 0) is 55.5 Å². The second-order valence-corrected chi connectivity index (χ2v) is 8.24. The summed E-state index contributed by atoms with van der Waals surface area (Å²) < 4.78 is 10.9. The Morgan fingerprint density at radius 3 is 2.67 bits per heavy atom. The van der Waals surface area contributed by atoms with Crippen molar-refractivity contribution in [3.8, 4) is 5.75 Å². The average molecular weight is 568 g/mol. The molecule has 3 rings (SSSR count). The lowest BCUT2D eigenvalue weighted by Crippen LogP contribution is -2.41. The highest BCUT2D eigenvalue weighted by molar-refractivity contribution is 14.0. The van der Waals surface area contributed by atoms with Crippen LogP contribution in [-0.2, 0) is 11.3 Å². The first-order chi connectivity index (χ1) is 15.6. The topological polar surface area (TPSA) is 71.0 Å². The van der Waals surface area contributed by atoms with Crippen molar-refractivity contribution < 1.29 is 9.47 Å². The summed E-state index contributed by atoms with van der Waals surface area (Å²) in [6.45, 7) is 11.2. The number of anilines is 1. The second kappa shape index (κ2) is 14.2. The number of aliphatic imine (C=N–C) groups is 1. The fraction of sp³-hybridized carbons (Fsp3) is 0.520. The zero-order valence-corrected chi connectivity index (χ0v) is 22.5. The fourth-order valence-corrected chi connectivity index (χ4v) is 3.74. The molecule has 0 bridgehead atoms. The molecule has 0 radical (unpaired) electrons. The Hall–Kier alpha value is -2.07. The quantitative estimate of drug-likeness (QED) is 0.269. The largest absolute Gasteiger partial charge is 0.497 e. The van der Waals surface area contributed by atoms with E-state index in [-0.39, 0.29) is 30.1 Å². The maximum Gasteiger partial charge on any atom is 0.191 e. The monoisotopic (exact) mass is 567 g/mol. The van der Waals surface area contributed by atoms with Gasteiger partial charge in [0.05, 0.1) is 26.4 Å². The third kappa shape index (κ3) is 8.66. The van der Waals surface area contributed by atoms with Gasteiger partial charge in [0.25, 0.3) is 0 Å². The van der Waals surface area contributed by atoms with E-state index in [4.69, 9.17) is 14.5 Å². The molecule has 2 N–H and O–H groups in total. The molecule has 2 atom stereocenters. The minimum atomic E-state index is 0. The van der Waals surface area contributed by atoms with Gasteiger partial charge in [0.2, 0.25) is 0 Å². The molecule has 1 aromatic carbocycles. The summed E-state index contributed by atoms with van der Waals surface area (Å²) in [4.78, 5) is 11.7. The van der Waals surface area contributed by atoms with Gasteiger partial charge in [-0.15, -0.1) is 24.0 Å². The first-order valence-corrected chi connectivity index (χ1v) is 11.6. The SMILES string of the molecule is CCNC(=NCc1ccc(N2CCOC(C)C2)nc1)NCCC(C)c1ccc(OC)cc1.I. The lowest BCUT2D eigenvalue weighted by Gasteiger charge is -2.32. The van der Waals surface area contributed by atoms with Crippen LogP contribution in [0.2, 0.25) is 0 Å². The number of benzene rings is 1. The highest BCUT2D eigenvalue weighted by atomic mass is 127. The molecule has 0 aliphatic carbocycles. The van der Waals surface area contributed by atoms with Gasteiger partial charge in [0.1, 0.15) is 11.6 Å². The summed E-state index contributed by atoms with van der Waals surface area (Å²) in [5.41, 5.74) is 2.41. The molecule has 0 amide bonds. The number of ether oxygens (including phenoxy) is 2. The minimum Gasteiger partial charge on any atom is -0.497 e. The fourth-order valence-electron chi connectivity index (χ4n) is 3.74. The van der Waals surface area contributed by atoms with Gasteiger partial charge < -0.3 is 25.0 Å². The highest BCUT2D eigenvalue weighted by Gasteiger charge is 2.17. The minimum absolute atomic E-state index is 0. The zero-order valence-electron chi connectivity index (χ0n) is 20.2. The molecule has 2 aromatic rings. The van der Waals surface area contributed by atoms with E-state index in [1.807, 2.05) is 18.3 Å². The van der Waals surface area contributed by atoms with E-state index >= 15 is 0 Å². The molecule has 1 fully saturated rings. The number of guanidine groups is 1. The first-order valence-electron chi connectivity index (χ1n) is 11.6. The summed E-state index contributed by atoms with van der Waals surface area (Å²) in [6.07, 6.45) is 3.19. The van der Waals surface area contributed by atoms with Crippen LogP contribution in [0, 0.1) is 0 Å². The van der Waals surface area contributed by atoms with Crippen molar-refractivity contribution in [1.82, 2.24) is 15.6 Å². The number of nitrogens with one attached hydrogen (secondary N) is 2. The van der Waals surface area contributed by atoms with Crippen molar-refractivity contribution in [2.24, 2.45) is 4.99 Å². The molecule has 1 aliphatic heterocycles. The third-order valence-electron chi connectivity index (χ3n) is 5.69. The number of halogens is 1. The Labute approximate surface area is 215 Å². The molecule has 2 unspecified atom stereocenters. The van der Waals surface area contributed by atoms with Crippen molar-refractivity contribution in [1.29, 1.82) is 0 Å². The van der Waals surface area contributed by atoms with Crippen LogP contribution >= 0.6 is 24.0 Å². The van der Waals surface area contributed by atoms with E-state index in [1.165, 1.54) is 5.56 Å². The standard InChI is InChI=1S/C25H37N5O2.HI/c1-5-26-25(27-13-12-19(2)22-7-9-23(31-4)10-8-22)29-17-21-6-11-24(28-16-21)30-14-15-32-20(3)18-30;/h6-11,16,19-20H,5,12-15,17-18H2,1-4H3,(H2,26,27,29);1H. The van der Waals surface area contributed by atoms with Crippen LogP contribution < -0.4 is 20.3 Å². The molecule has 1 aliphatic rings. The predicted octanol–water partition coefficient (Wildman–Crippen LogP) is 4.18. The van der Waals surface area contributed by atoms with E-state index in [1.54, 1.807) is 7.11 Å². The van der Waals surface area contributed by atoms with E-state index in [0.717, 1.165) is 62.3 Å². The number of morpholine rings is 1. The van der Waals surface area contributed by atoms with Gasteiger partial charge in [-0.1, -0.05) is 25.1 Å². The molecule has 0 saturated carbocycles. The molecular formula is C25H38IN5O2. The molecule has 8 heteroatoms. The number of pyridine rings is 1. The van der Waals surface area contributed by atoms with Gasteiger partial charge in [-0.3, -0.25) is 0 Å². The van der Waals surface area contributed by atoms with E-state index < -0.39 is 0 Å². The lowest BCUT2D eigenvalue weighted by atomic mass is 9.98. The van der Waals surface area contributed by atoms with Gasteiger partial charge in [0, 0.05) is 32.4 Å². The number of methoxy groups -OCH3 is 1. The van der Waals surface area contributed by atoms with Crippen LogP contribution in [0.3, 0.4) is 0 Å². The summed E-state index contributed by atoms with van der Waals surface area (Å²) in [5.74, 6) is 3.18. The number of aromatic nitrogens is 1. The number of hydrogen-bond donors (Lipinski definition) is 2. The molecule has 33 heavy (non-hydrogen) atoms. The molecule has 1 aromatic heterocycles. The van der Waals surface area contributed by atoms with Crippen LogP contribution in [0.15, 0.2) is 47.6 Å². The van der Waals surface area contributed by atoms with Gasteiger partial charge >= 0.3 is 0 Å². The number of rotatable bonds is 9. The maximum absolute atomic E-state index is 5.62. The van der Waals surface area contributed by atoms with Gasteiger partial charge in [-0.25, -0.2) is 9.98 Å². The number of hydrogen-bond acceptors (Lipinski definition) is 5. The maximum atomic E-state index is 5.62. The zero-order chi connectivity index (χ0) is 22.8. The molecule has 7 nitrogen and oxygen atoms in total. The predicted molar refractivity (Wildman–Crippen MR) is 146 cm³/mol. The molecule has 182 valence electrons. The normalized spacial score (nSPS) is 17.2. The van der Waals surface area contributed by atoms with Gasteiger partial charge in [-0.2, -0.15) is 0 Å². The Balaban J connectivity index is 0.00000385. The molecule has 0 spiro atoms. The molecular weight excluding hydrogens is 529 g/mol. The van der Waals surface area contributed by atoms with Crippen molar-refractivity contribution in [3.05, 3.63) is 53.7 Å². The molecule has 1 saturated heterocycles. The van der Waals surface area contributed by atoms with Crippen LogP contribution in [-0.4, -0.2) is 56.9 Å². The number of nitrogens with zero attached hydrogens (tertiary/aromatic N) is 3. The van der Waals surface area contributed by atoms with Crippen LogP contribution in [0.4, 0.5) is 5.82 Å². The van der Waals surface area contributed by atoms with E-state index in [0.29, 0.717) is 12.5 Å². The Bertz CT molecular complexity index is 845. The first kappa shape index (κ1) is 27.2.